The van der Waals surface area contributed by atoms with Gasteiger partial charge in [-0.05, 0) is 30.7 Å². The molecule has 1 aromatic carbocycles. The van der Waals surface area contributed by atoms with Gasteiger partial charge in [0, 0.05) is 30.3 Å². The maximum atomic E-state index is 12.6. The van der Waals surface area contributed by atoms with Gasteiger partial charge >= 0.3 is 0 Å². The highest BCUT2D eigenvalue weighted by Gasteiger charge is 2.43. The third-order valence-corrected chi connectivity index (χ3v) is 8.27. The number of carbonyl (C=O) groups excluding carboxylic acids is 1. The number of benzene rings is 1. The first-order valence-corrected chi connectivity index (χ1v) is 12.2. The predicted molar refractivity (Wildman–Crippen MR) is 135 cm³/mol. The van der Waals surface area contributed by atoms with Crippen LogP contribution in [-0.4, -0.2) is 70.7 Å². The van der Waals surface area contributed by atoms with E-state index in [1.807, 2.05) is 19.3 Å². The molecule has 0 spiro atoms. The van der Waals surface area contributed by atoms with E-state index in [1.165, 1.54) is 5.00 Å². The summed E-state index contributed by atoms with van der Waals surface area (Å²) in [6, 6.07) is 10.4. The second-order valence-electron chi connectivity index (χ2n) is 8.75. The summed E-state index contributed by atoms with van der Waals surface area (Å²) in [5.74, 6) is 0.0532. The molecule has 4 aromatic heterocycles. The van der Waals surface area contributed by atoms with Crippen molar-refractivity contribution in [2.45, 2.75) is 13.0 Å². The average molecular weight is 477 g/mol. The lowest BCUT2D eigenvalue weighted by molar-refractivity contribution is -0.126. The van der Waals surface area contributed by atoms with Crippen LogP contribution in [0.5, 0.6) is 0 Å². The van der Waals surface area contributed by atoms with Crippen molar-refractivity contribution in [2.24, 2.45) is 0 Å². The lowest BCUT2D eigenvalue weighted by Crippen LogP contribution is -2.65. The quantitative estimate of drug-likeness (QED) is 0.290. The number of hydrogen-bond donors (Lipinski definition) is 4. The van der Waals surface area contributed by atoms with Crippen LogP contribution in [-0.2, 0) is 9.53 Å². The van der Waals surface area contributed by atoms with Gasteiger partial charge in [0.1, 0.15) is 18.8 Å². The number of thiophene rings is 1. The molecule has 9 nitrogen and oxygen atoms in total. The molecule has 1 unspecified atom stereocenters. The smallest absolute Gasteiger partial charge is 0.278 e. The average Bonchev–Trinajstić information content (AvgIpc) is 3.66. The maximum absolute atomic E-state index is 12.6. The van der Waals surface area contributed by atoms with Gasteiger partial charge in [-0.25, -0.2) is 0 Å². The van der Waals surface area contributed by atoms with E-state index in [9.17, 15) is 4.79 Å². The number of morpholine rings is 1. The number of likely N-dealkylation sites (N-methyl/N-ethyl adjacent to an activating group) is 1. The molecule has 4 N–H and O–H groups in total. The molecule has 1 atom stereocenters. The molecular formula is C24H26N7O2S+. The van der Waals surface area contributed by atoms with Gasteiger partial charge in [-0.2, -0.15) is 10.2 Å². The molecule has 6 rings (SSSR count). The molecule has 1 fully saturated rings. The second kappa shape index (κ2) is 8.08. The molecule has 5 aromatic rings. The predicted octanol–water partition coefficient (Wildman–Crippen LogP) is 3.63. The van der Waals surface area contributed by atoms with E-state index in [-0.39, 0.29) is 11.9 Å². The number of amides is 1. The molecule has 0 bridgehead atoms. The highest BCUT2D eigenvalue weighted by Crippen LogP contribution is 2.41. The van der Waals surface area contributed by atoms with E-state index in [2.05, 4.69) is 61.0 Å². The van der Waals surface area contributed by atoms with Crippen molar-refractivity contribution in [3.8, 4) is 22.5 Å². The van der Waals surface area contributed by atoms with Crippen molar-refractivity contribution < 1.29 is 9.53 Å². The van der Waals surface area contributed by atoms with E-state index in [4.69, 9.17) is 4.74 Å². The molecule has 34 heavy (non-hydrogen) atoms. The molecule has 1 amide bonds. The van der Waals surface area contributed by atoms with E-state index in [0.717, 1.165) is 56.7 Å². The Kier molecular flexibility index (Phi) is 5.01. The minimum Gasteiger partial charge on any atom is -0.370 e. The third-order valence-electron chi connectivity index (χ3n) is 7.02. The summed E-state index contributed by atoms with van der Waals surface area (Å²) in [4.78, 5) is 16.2. The number of carbonyl (C=O) groups is 1. The maximum Gasteiger partial charge on any atom is 0.278 e. The van der Waals surface area contributed by atoms with E-state index < -0.39 is 0 Å². The van der Waals surface area contributed by atoms with Crippen molar-refractivity contribution in [1.82, 2.24) is 35.2 Å². The number of nitrogens with one attached hydrogen (secondary N) is 4. The first-order valence-electron chi connectivity index (χ1n) is 11.4. The van der Waals surface area contributed by atoms with E-state index >= 15 is 0 Å². The van der Waals surface area contributed by atoms with Crippen molar-refractivity contribution in [3.05, 3.63) is 42.7 Å². The summed E-state index contributed by atoms with van der Waals surface area (Å²) in [6.07, 6.45) is 3.69. The molecule has 0 saturated carbocycles. The van der Waals surface area contributed by atoms with Gasteiger partial charge < -0.3 is 15.0 Å². The van der Waals surface area contributed by atoms with Crippen LogP contribution in [0, 0.1) is 0 Å². The number of quaternary nitrogens is 1. The number of hydrogen-bond acceptors (Lipinski definition) is 5. The Labute approximate surface area is 199 Å². The molecule has 5 heterocycles. The fraction of sp³-hybridized carbons (Fsp3) is 0.292. The molecule has 1 aliphatic rings. The topological polar surface area (TPSA) is 111 Å². The largest absolute Gasteiger partial charge is 0.370 e. The lowest BCUT2D eigenvalue weighted by Gasteiger charge is -2.43. The summed E-state index contributed by atoms with van der Waals surface area (Å²) in [6.45, 7) is 4.88. The number of fused-ring (bicyclic) bond motifs is 2. The normalized spacial score (nSPS) is 16.8. The first-order chi connectivity index (χ1) is 16.6. The zero-order chi connectivity index (χ0) is 23.3. The number of H-pyrrole nitrogens is 3. The SMILES string of the molecule is CNC(=O)C(C)[N+]1(c2cc3[nH]c(-c4n[nH]c5cc(-c6cn[nH]c6)ccc45)cc3s2)CCOCC1. The number of rotatable bonds is 5. The Hall–Kier alpha value is -3.47. The Morgan fingerprint density at radius 2 is 2.03 bits per heavy atom. The zero-order valence-corrected chi connectivity index (χ0v) is 19.8. The first kappa shape index (κ1) is 21.1. The van der Waals surface area contributed by atoms with Gasteiger partial charge in [0.2, 0.25) is 0 Å². The molecule has 0 radical (unpaired) electrons. The summed E-state index contributed by atoms with van der Waals surface area (Å²) in [5.41, 5.74) is 6.03. The second-order valence-corrected chi connectivity index (χ2v) is 9.81. The number of aromatic amines is 3. The minimum absolute atomic E-state index is 0.0532. The van der Waals surface area contributed by atoms with Crippen LogP contribution >= 0.6 is 11.3 Å². The molecule has 10 heteroatoms. The minimum atomic E-state index is -0.184. The van der Waals surface area contributed by atoms with Crippen molar-refractivity contribution in [3.63, 3.8) is 0 Å². The highest BCUT2D eigenvalue weighted by molar-refractivity contribution is 7.22. The Morgan fingerprint density at radius 1 is 1.18 bits per heavy atom. The Balaban J connectivity index is 1.37. The zero-order valence-electron chi connectivity index (χ0n) is 19.0. The Morgan fingerprint density at radius 3 is 2.76 bits per heavy atom. The molecule has 0 aliphatic carbocycles. The van der Waals surface area contributed by atoms with Gasteiger partial charge in [-0.1, -0.05) is 17.4 Å². The van der Waals surface area contributed by atoms with Gasteiger partial charge in [-0.15, -0.1) is 0 Å². The van der Waals surface area contributed by atoms with Crippen LogP contribution in [0.25, 0.3) is 43.6 Å². The molecule has 1 aliphatic heterocycles. The van der Waals surface area contributed by atoms with Gasteiger partial charge in [0.25, 0.3) is 5.91 Å². The third kappa shape index (κ3) is 3.25. The van der Waals surface area contributed by atoms with Crippen LogP contribution in [0.1, 0.15) is 6.92 Å². The lowest BCUT2D eigenvalue weighted by atomic mass is 10.1. The number of ether oxygens (including phenoxy) is 1. The number of nitrogens with zero attached hydrogens (tertiary/aromatic N) is 3. The molecular weight excluding hydrogens is 450 g/mol. The number of aromatic nitrogens is 5. The monoisotopic (exact) mass is 476 g/mol. The summed E-state index contributed by atoms with van der Waals surface area (Å²) in [5, 5.41) is 19.7. The van der Waals surface area contributed by atoms with E-state index in [1.54, 1.807) is 18.4 Å². The summed E-state index contributed by atoms with van der Waals surface area (Å²) in [7, 11) is 1.70. The molecule has 174 valence electrons. The fourth-order valence-electron chi connectivity index (χ4n) is 4.97. The van der Waals surface area contributed by atoms with Crippen molar-refractivity contribution in [1.29, 1.82) is 0 Å². The highest BCUT2D eigenvalue weighted by atomic mass is 32.1. The van der Waals surface area contributed by atoms with Crippen LogP contribution in [0.2, 0.25) is 0 Å². The van der Waals surface area contributed by atoms with Crippen LogP contribution in [0.15, 0.2) is 42.7 Å². The van der Waals surface area contributed by atoms with Crippen LogP contribution in [0.3, 0.4) is 0 Å². The van der Waals surface area contributed by atoms with E-state index in [0.29, 0.717) is 17.7 Å². The van der Waals surface area contributed by atoms with Gasteiger partial charge in [-0.3, -0.25) is 19.5 Å². The van der Waals surface area contributed by atoms with Gasteiger partial charge in [0.05, 0.1) is 40.8 Å². The summed E-state index contributed by atoms with van der Waals surface area (Å²) < 4.78 is 7.41. The fourth-order valence-corrected chi connectivity index (χ4v) is 6.29. The summed E-state index contributed by atoms with van der Waals surface area (Å²) >= 11 is 1.74. The van der Waals surface area contributed by atoms with Crippen molar-refractivity contribution >= 4 is 43.4 Å². The van der Waals surface area contributed by atoms with Gasteiger partial charge in [0.15, 0.2) is 11.0 Å². The van der Waals surface area contributed by atoms with Crippen LogP contribution in [0.4, 0.5) is 5.00 Å². The Bertz CT molecular complexity index is 1440. The van der Waals surface area contributed by atoms with Crippen LogP contribution < -0.4 is 9.80 Å². The molecule has 1 saturated heterocycles. The standard InChI is InChI=1S/C24H25N7O2S/c1-14(24(32)25-2)31(5-7-33-8-6-31)22-11-19-21(34-22)10-20(28-19)23-17-4-3-15(9-18(17)29-30-23)16-12-26-27-13-16/h3-4,9-14H,5-8H2,1-2H3,(H3-,25,26,27,28,29,30,32)/p+1. The van der Waals surface area contributed by atoms with Crippen molar-refractivity contribution in [2.75, 3.05) is 33.4 Å².